The smallest absolute Gasteiger partial charge is 0.410 e. The highest BCUT2D eigenvalue weighted by Crippen LogP contribution is 2.47. The van der Waals surface area contributed by atoms with Gasteiger partial charge in [-0.3, -0.25) is 4.90 Å². The third-order valence-corrected chi connectivity index (χ3v) is 12.5. The first-order chi connectivity index (χ1) is 28.3. The number of likely N-dealkylation sites (tertiary alicyclic amines) is 1. The Labute approximate surface area is 351 Å². The van der Waals surface area contributed by atoms with E-state index < -0.39 is 95.0 Å². The maximum Gasteiger partial charge on any atom is 0.410 e. The van der Waals surface area contributed by atoms with Crippen LogP contribution in [0.15, 0.2) is 94.3 Å². The van der Waals surface area contributed by atoms with E-state index in [1.54, 1.807) is 13.8 Å². The zero-order valence-electron chi connectivity index (χ0n) is 33.1. The number of piperidine rings is 1. The molecule has 0 spiro atoms. The number of rotatable bonds is 16. The second kappa shape index (κ2) is 18.6. The minimum atomic E-state index is -4.58. The molecule has 11 atom stereocenters. The fourth-order valence-electron chi connectivity index (χ4n) is 8.17. The van der Waals surface area contributed by atoms with Crippen molar-refractivity contribution in [1.82, 2.24) is 4.90 Å². The van der Waals surface area contributed by atoms with E-state index in [4.69, 9.17) is 51.6 Å². The summed E-state index contributed by atoms with van der Waals surface area (Å²) in [6, 6.07) is 22.5. The summed E-state index contributed by atoms with van der Waals surface area (Å²) in [5, 5.41) is 0. The molecule has 7 rings (SSSR count). The standard InChI is InChI=1S/C41H48BrNO15S/c1-24-31-36(57-41(2,3)56-31)35(50-20-25-12-8-6-9-13-25)30(43(24)40(45)51-21-26-14-10-7-11-15-26)32(52-22-48-4)29-33-37(38(44)55-39(54-33)34(29)53-23-49-5)58-59(46,47)28-18-16-27(42)17-19-28/h6-19,24,29-37,39H,20-23H2,1-5H3/t24-,29+,30+,31+,32+,33-,34-,35+,36+,37-,39-/m1/s1. The molecular weight excluding hydrogens is 858 g/mol. The third kappa shape index (κ3) is 9.53. The summed E-state index contributed by atoms with van der Waals surface area (Å²) in [6.07, 6.45) is -10.2. The van der Waals surface area contributed by atoms with Crippen molar-refractivity contribution in [2.75, 3.05) is 27.8 Å². The number of hydrogen-bond donors (Lipinski definition) is 0. The molecule has 0 saturated carbocycles. The number of hydrogen-bond acceptors (Lipinski definition) is 15. The molecule has 4 aliphatic rings. The molecule has 18 heteroatoms. The van der Waals surface area contributed by atoms with Crippen LogP contribution in [0.4, 0.5) is 4.79 Å². The maximum atomic E-state index is 14.7. The van der Waals surface area contributed by atoms with Crippen LogP contribution in [-0.2, 0) is 79.7 Å². The Morgan fingerprint density at radius 3 is 2.10 bits per heavy atom. The van der Waals surface area contributed by atoms with Crippen molar-refractivity contribution in [3.8, 4) is 0 Å². The van der Waals surface area contributed by atoms with E-state index in [9.17, 15) is 18.0 Å². The first-order valence-electron chi connectivity index (χ1n) is 19.1. The Morgan fingerprint density at radius 1 is 0.831 bits per heavy atom. The van der Waals surface area contributed by atoms with E-state index in [2.05, 4.69) is 15.9 Å². The molecule has 4 fully saturated rings. The van der Waals surface area contributed by atoms with Gasteiger partial charge in [-0.1, -0.05) is 76.6 Å². The Kier molecular flexibility index (Phi) is 13.7. The molecular formula is C41H48BrNO15S. The zero-order valence-corrected chi connectivity index (χ0v) is 35.5. The van der Waals surface area contributed by atoms with Gasteiger partial charge in [0.25, 0.3) is 10.1 Å². The van der Waals surface area contributed by atoms with Gasteiger partial charge in [0.2, 0.25) is 12.4 Å². The summed E-state index contributed by atoms with van der Waals surface area (Å²) in [5.74, 6) is -3.21. The lowest BCUT2D eigenvalue weighted by Crippen LogP contribution is -2.71. The highest BCUT2D eigenvalue weighted by atomic mass is 79.9. The van der Waals surface area contributed by atoms with Crippen molar-refractivity contribution >= 4 is 38.1 Å². The van der Waals surface area contributed by atoms with Crippen LogP contribution in [0.1, 0.15) is 31.9 Å². The summed E-state index contributed by atoms with van der Waals surface area (Å²) in [7, 11) is -1.74. The Hall–Kier alpha value is -3.53. The maximum absolute atomic E-state index is 14.7. The summed E-state index contributed by atoms with van der Waals surface area (Å²) < 4.78 is 95.2. The van der Waals surface area contributed by atoms with Crippen LogP contribution in [-0.4, -0.2) is 120 Å². The van der Waals surface area contributed by atoms with Crippen LogP contribution in [0.25, 0.3) is 0 Å². The number of fused-ring (bicyclic) bond motifs is 3. The van der Waals surface area contributed by atoms with Gasteiger partial charge in [-0.25, -0.2) is 13.8 Å². The quantitative estimate of drug-likeness (QED) is 0.108. The van der Waals surface area contributed by atoms with Gasteiger partial charge < -0.3 is 47.4 Å². The SMILES string of the molecule is COCO[C@H]1[C@H]2OC(=O)[C@H](OS(=O)(=O)c3ccc(Br)cc3)[C@H](O2)[C@@H]1[C@H](OCOC)[C@H]1[C@H](OCc2ccccc2)[C@H]2OC(C)(C)O[C@H]2[C@@H](C)N1C(=O)OCc1ccccc1. The number of carbonyl (C=O) groups excluding carboxylic acids is 2. The molecule has 59 heavy (non-hydrogen) atoms. The van der Waals surface area contributed by atoms with Gasteiger partial charge in [0.05, 0.1) is 29.7 Å². The van der Waals surface area contributed by atoms with Crippen molar-refractivity contribution in [3.63, 3.8) is 0 Å². The molecule has 2 bridgehead atoms. The first kappa shape index (κ1) is 43.6. The van der Waals surface area contributed by atoms with Crippen LogP contribution < -0.4 is 0 Å². The topological polar surface area (TPSA) is 173 Å². The molecule has 320 valence electrons. The summed E-state index contributed by atoms with van der Waals surface area (Å²) in [5.41, 5.74) is 1.58. The normalized spacial score (nSPS) is 30.4. The van der Waals surface area contributed by atoms with Gasteiger partial charge in [0.15, 0.2) is 5.79 Å². The first-order valence-corrected chi connectivity index (χ1v) is 21.3. The number of halogens is 1. The van der Waals surface area contributed by atoms with Crippen LogP contribution in [0, 0.1) is 5.92 Å². The predicted molar refractivity (Wildman–Crippen MR) is 209 cm³/mol. The van der Waals surface area contributed by atoms with Gasteiger partial charge in [-0.2, -0.15) is 8.42 Å². The van der Waals surface area contributed by atoms with Gasteiger partial charge in [0.1, 0.15) is 50.7 Å². The van der Waals surface area contributed by atoms with Gasteiger partial charge in [-0.05, 0) is 56.2 Å². The highest BCUT2D eigenvalue weighted by Gasteiger charge is 2.66. The fourth-order valence-corrected chi connectivity index (χ4v) is 9.48. The molecule has 0 radical (unpaired) electrons. The molecule has 0 unspecified atom stereocenters. The lowest BCUT2D eigenvalue weighted by Gasteiger charge is -2.52. The van der Waals surface area contributed by atoms with Gasteiger partial charge in [-0.15, -0.1) is 0 Å². The Balaban J connectivity index is 1.34. The van der Waals surface area contributed by atoms with E-state index in [1.165, 1.54) is 43.4 Å². The number of methoxy groups -OCH3 is 2. The lowest BCUT2D eigenvalue weighted by molar-refractivity contribution is -0.233. The number of amides is 1. The predicted octanol–water partition coefficient (Wildman–Crippen LogP) is 4.91. The average molecular weight is 907 g/mol. The van der Waals surface area contributed by atoms with E-state index in [0.29, 0.717) is 4.47 Å². The van der Waals surface area contributed by atoms with Crippen molar-refractivity contribution in [2.45, 2.75) is 106 Å². The Bertz CT molecular complexity index is 1990. The van der Waals surface area contributed by atoms with E-state index in [0.717, 1.165) is 11.1 Å². The highest BCUT2D eigenvalue weighted by molar-refractivity contribution is 9.10. The third-order valence-electron chi connectivity index (χ3n) is 10.6. The van der Waals surface area contributed by atoms with Crippen LogP contribution >= 0.6 is 15.9 Å². The number of esters is 1. The Morgan fingerprint density at radius 2 is 1.46 bits per heavy atom. The molecule has 1 amide bonds. The number of nitrogens with zero attached hydrogens (tertiary/aromatic N) is 1. The van der Waals surface area contributed by atoms with Crippen LogP contribution in [0.3, 0.4) is 0 Å². The van der Waals surface area contributed by atoms with E-state index in [1.807, 2.05) is 67.6 Å². The lowest BCUT2D eigenvalue weighted by atomic mass is 9.78. The van der Waals surface area contributed by atoms with Crippen LogP contribution in [0.5, 0.6) is 0 Å². The van der Waals surface area contributed by atoms with E-state index in [-0.39, 0.29) is 31.7 Å². The molecule has 0 N–H and O–H groups in total. The monoisotopic (exact) mass is 905 g/mol. The van der Waals surface area contributed by atoms with Crippen molar-refractivity contribution in [3.05, 3.63) is 101 Å². The second-order valence-electron chi connectivity index (χ2n) is 15.0. The second-order valence-corrected chi connectivity index (χ2v) is 17.5. The molecule has 4 heterocycles. The molecule has 4 aliphatic heterocycles. The number of ether oxygens (including phenoxy) is 10. The van der Waals surface area contributed by atoms with Gasteiger partial charge in [0, 0.05) is 24.6 Å². The molecule has 3 aromatic rings. The van der Waals surface area contributed by atoms with Crippen molar-refractivity contribution < 1.29 is 69.6 Å². The molecule has 4 saturated heterocycles. The minimum absolute atomic E-state index is 0.0608. The summed E-state index contributed by atoms with van der Waals surface area (Å²) in [4.78, 5) is 29.8. The number of benzene rings is 3. The van der Waals surface area contributed by atoms with E-state index >= 15 is 0 Å². The molecule has 0 aliphatic carbocycles. The fraction of sp³-hybridized carbons (Fsp3) is 0.512. The average Bonchev–Trinajstić information content (AvgIpc) is 3.71. The van der Waals surface area contributed by atoms with Crippen molar-refractivity contribution in [2.24, 2.45) is 5.92 Å². The van der Waals surface area contributed by atoms with Gasteiger partial charge >= 0.3 is 12.1 Å². The van der Waals surface area contributed by atoms with Crippen LogP contribution in [0.2, 0.25) is 0 Å². The zero-order chi connectivity index (χ0) is 41.9. The molecule has 3 aromatic carbocycles. The summed E-state index contributed by atoms with van der Waals surface area (Å²) in [6.45, 7) is 4.78. The largest absolute Gasteiger partial charge is 0.445 e. The number of carbonyl (C=O) groups is 2. The molecule has 0 aromatic heterocycles. The van der Waals surface area contributed by atoms with Crippen molar-refractivity contribution in [1.29, 1.82) is 0 Å². The summed E-state index contributed by atoms with van der Waals surface area (Å²) >= 11 is 3.31. The minimum Gasteiger partial charge on any atom is -0.445 e. The molecule has 16 nitrogen and oxygen atoms in total.